The number of carbonyl (C=O) groups excluding carboxylic acids is 2. The predicted octanol–water partition coefficient (Wildman–Crippen LogP) is 7.41. The molecule has 0 unspecified atom stereocenters. The molecule has 258 valence electrons. The zero-order valence-corrected chi connectivity index (χ0v) is 29.0. The molecule has 0 spiro atoms. The van der Waals surface area contributed by atoms with Crippen molar-refractivity contribution in [1.82, 2.24) is 15.1 Å². The molecule has 0 saturated carbocycles. The lowest BCUT2D eigenvalue weighted by atomic mass is 9.81. The Balaban J connectivity index is 1.68. The van der Waals surface area contributed by atoms with Crippen LogP contribution in [0.15, 0.2) is 78.9 Å². The number of aromatic nitrogens is 2. The van der Waals surface area contributed by atoms with E-state index in [0.717, 1.165) is 18.2 Å². The van der Waals surface area contributed by atoms with Crippen molar-refractivity contribution in [3.63, 3.8) is 0 Å². The minimum Gasteiger partial charge on any atom is -0.415 e. The van der Waals surface area contributed by atoms with Crippen molar-refractivity contribution in [3.8, 4) is 5.69 Å². The first kappa shape index (κ1) is 35.5. The molecular weight excluding hydrogens is 655 g/mol. The van der Waals surface area contributed by atoms with Crippen LogP contribution in [-0.2, 0) is 15.4 Å². The van der Waals surface area contributed by atoms with Gasteiger partial charge in [-0.05, 0) is 61.0 Å². The highest BCUT2D eigenvalue weighted by Crippen LogP contribution is 2.44. The van der Waals surface area contributed by atoms with E-state index in [4.69, 9.17) is 9.52 Å². The monoisotopic (exact) mass is 693 g/mol. The van der Waals surface area contributed by atoms with Crippen LogP contribution in [0.3, 0.4) is 0 Å². The highest BCUT2D eigenvalue weighted by molar-refractivity contribution is 6.74. The number of halogens is 3. The maximum Gasteiger partial charge on any atom is 0.416 e. The van der Waals surface area contributed by atoms with Crippen molar-refractivity contribution in [1.29, 1.82) is 0 Å². The second-order valence-electron chi connectivity index (χ2n) is 13.5. The number of nitrogens with one attached hydrogen (secondary N) is 1. The number of aryl methyl sites for hydroxylation is 1. The summed E-state index contributed by atoms with van der Waals surface area (Å²) >= 11 is 0. The minimum absolute atomic E-state index is 0.0773. The SMILES string of the molecule is Cc1nn(-c2ccccc2)c2c1[C@H](c1cccc([N+](=O)[O-])c1)[C@@H](NC(=O)c1cccc(C(F)(F)F)c1)C(=O)N2CCO[Si](C)(C)C(C)(C)C. The quantitative estimate of drug-likeness (QED) is 0.111. The lowest BCUT2D eigenvalue weighted by Crippen LogP contribution is -2.56. The lowest BCUT2D eigenvalue weighted by Gasteiger charge is -2.40. The van der Waals surface area contributed by atoms with Crippen molar-refractivity contribution in [2.45, 2.75) is 64.0 Å². The van der Waals surface area contributed by atoms with Gasteiger partial charge in [0.2, 0.25) is 0 Å². The van der Waals surface area contributed by atoms with Gasteiger partial charge in [-0.25, -0.2) is 4.68 Å². The fourth-order valence-electron chi connectivity index (χ4n) is 5.70. The van der Waals surface area contributed by atoms with Gasteiger partial charge in [-0.3, -0.25) is 24.6 Å². The van der Waals surface area contributed by atoms with E-state index in [2.05, 4.69) is 39.2 Å². The number of anilines is 1. The molecule has 1 N–H and O–H groups in total. The number of alkyl halides is 3. The molecule has 2 amide bonds. The first-order valence-electron chi connectivity index (χ1n) is 15.7. The van der Waals surface area contributed by atoms with E-state index < -0.39 is 48.8 Å². The van der Waals surface area contributed by atoms with Crippen LogP contribution in [0.1, 0.15) is 59.4 Å². The Hall–Kier alpha value is -4.82. The highest BCUT2D eigenvalue weighted by Gasteiger charge is 2.47. The summed E-state index contributed by atoms with van der Waals surface area (Å²) < 4.78 is 48.7. The van der Waals surface area contributed by atoms with Crippen LogP contribution in [0, 0.1) is 17.0 Å². The van der Waals surface area contributed by atoms with E-state index in [1.54, 1.807) is 17.7 Å². The normalized spacial score (nSPS) is 16.8. The Morgan fingerprint density at radius 1 is 1.02 bits per heavy atom. The van der Waals surface area contributed by atoms with Crippen LogP contribution >= 0.6 is 0 Å². The zero-order chi connectivity index (χ0) is 35.9. The number of fused-ring (bicyclic) bond motifs is 1. The lowest BCUT2D eigenvalue weighted by molar-refractivity contribution is -0.384. The average molecular weight is 694 g/mol. The Morgan fingerprint density at radius 3 is 2.33 bits per heavy atom. The molecule has 0 aliphatic carbocycles. The second-order valence-corrected chi connectivity index (χ2v) is 18.3. The van der Waals surface area contributed by atoms with Gasteiger partial charge < -0.3 is 9.74 Å². The Kier molecular flexibility index (Phi) is 9.58. The van der Waals surface area contributed by atoms with Crippen molar-refractivity contribution >= 4 is 31.6 Å². The van der Waals surface area contributed by atoms with Crippen molar-refractivity contribution in [2.24, 2.45) is 0 Å². The van der Waals surface area contributed by atoms with Crippen molar-refractivity contribution in [2.75, 3.05) is 18.1 Å². The maximum absolute atomic E-state index is 14.7. The molecule has 1 aliphatic heterocycles. The number of para-hydroxylation sites is 1. The summed E-state index contributed by atoms with van der Waals surface area (Å²) in [6.07, 6.45) is -4.69. The largest absolute Gasteiger partial charge is 0.416 e. The van der Waals surface area contributed by atoms with Crippen LogP contribution in [0.2, 0.25) is 18.1 Å². The number of carbonyl (C=O) groups is 2. The summed E-state index contributed by atoms with van der Waals surface area (Å²) in [7, 11) is -2.25. The Bertz CT molecular complexity index is 1890. The molecule has 0 radical (unpaired) electrons. The molecule has 3 aromatic carbocycles. The smallest absolute Gasteiger partial charge is 0.415 e. The van der Waals surface area contributed by atoms with Gasteiger partial charge >= 0.3 is 6.18 Å². The second kappa shape index (κ2) is 13.2. The molecule has 1 aromatic heterocycles. The number of benzene rings is 3. The maximum atomic E-state index is 14.7. The van der Waals surface area contributed by atoms with Gasteiger partial charge in [0.1, 0.15) is 11.9 Å². The number of amides is 2. The first-order valence-corrected chi connectivity index (χ1v) is 18.6. The average Bonchev–Trinajstić information content (AvgIpc) is 3.38. The number of nitrogens with zero attached hydrogens (tertiary/aromatic N) is 4. The third-order valence-electron chi connectivity index (χ3n) is 9.28. The molecule has 49 heavy (non-hydrogen) atoms. The zero-order valence-electron chi connectivity index (χ0n) is 28.0. The van der Waals surface area contributed by atoms with Gasteiger partial charge in [0.25, 0.3) is 17.5 Å². The van der Waals surface area contributed by atoms with Gasteiger partial charge in [0, 0.05) is 35.7 Å². The number of hydrogen-bond donors (Lipinski definition) is 1. The van der Waals surface area contributed by atoms with Gasteiger partial charge in [0.05, 0.1) is 28.5 Å². The Morgan fingerprint density at radius 2 is 1.69 bits per heavy atom. The molecule has 1 aliphatic rings. The fourth-order valence-corrected chi connectivity index (χ4v) is 6.74. The highest BCUT2D eigenvalue weighted by atomic mass is 28.4. The van der Waals surface area contributed by atoms with Crippen LogP contribution in [-0.4, -0.2) is 54.0 Å². The molecule has 0 bridgehead atoms. The standard InChI is InChI=1S/C35H38F3N5O5Si/c1-22-28-29(23-12-11-17-27(21-23)43(46)47)30(39-31(44)24-13-10-14-25(20-24)35(36,37)38)33(45)41(18-19-48-49(5,6)34(2,3)4)32(28)42(40-22)26-15-8-7-9-16-26/h7-17,20-21,29-30H,18-19H2,1-6H3,(H,39,44)/t29-,30+/m0/s1. The van der Waals surface area contributed by atoms with Gasteiger partial charge in [-0.15, -0.1) is 0 Å². The molecular formula is C35H38F3N5O5Si. The summed E-state index contributed by atoms with van der Waals surface area (Å²) in [6, 6.07) is 17.5. The topological polar surface area (TPSA) is 120 Å². The summed E-state index contributed by atoms with van der Waals surface area (Å²) in [5, 5.41) is 19.2. The number of rotatable bonds is 9. The minimum atomic E-state index is -4.69. The molecule has 5 rings (SSSR count). The van der Waals surface area contributed by atoms with Gasteiger partial charge in [-0.1, -0.05) is 57.2 Å². The van der Waals surface area contributed by atoms with Crippen LogP contribution in [0.4, 0.5) is 24.7 Å². The van der Waals surface area contributed by atoms with Crippen molar-refractivity contribution < 1.29 is 32.1 Å². The predicted molar refractivity (Wildman–Crippen MR) is 181 cm³/mol. The number of hydrogen-bond acceptors (Lipinski definition) is 6. The van der Waals surface area contributed by atoms with E-state index >= 15 is 0 Å². The Labute approximate surface area is 283 Å². The van der Waals surface area contributed by atoms with E-state index in [0.29, 0.717) is 28.3 Å². The summed E-state index contributed by atoms with van der Waals surface area (Å²) in [6.45, 7) is 12.5. The van der Waals surface area contributed by atoms with Gasteiger partial charge in [0.15, 0.2) is 8.32 Å². The first-order chi connectivity index (χ1) is 22.9. The van der Waals surface area contributed by atoms with Gasteiger partial charge in [-0.2, -0.15) is 18.3 Å². The van der Waals surface area contributed by atoms with E-state index in [1.165, 1.54) is 29.2 Å². The van der Waals surface area contributed by atoms with E-state index in [-0.39, 0.29) is 29.4 Å². The summed E-state index contributed by atoms with van der Waals surface area (Å²) in [5.41, 5.74) is 0.493. The molecule has 10 nitrogen and oxygen atoms in total. The molecule has 0 fully saturated rings. The van der Waals surface area contributed by atoms with E-state index in [1.807, 2.05) is 30.3 Å². The fraction of sp³-hybridized carbons (Fsp3) is 0.343. The molecule has 2 heterocycles. The van der Waals surface area contributed by atoms with E-state index in [9.17, 15) is 32.9 Å². The summed E-state index contributed by atoms with van der Waals surface area (Å²) in [4.78, 5) is 41.2. The number of nitro benzene ring substituents is 1. The molecule has 4 aromatic rings. The number of non-ortho nitro benzene ring substituents is 1. The van der Waals surface area contributed by atoms with Crippen molar-refractivity contribution in [3.05, 3.63) is 117 Å². The van der Waals surface area contributed by atoms with Crippen LogP contribution in [0.25, 0.3) is 5.69 Å². The van der Waals surface area contributed by atoms with Crippen LogP contribution < -0.4 is 10.2 Å². The number of nitro groups is 1. The molecule has 2 atom stereocenters. The third kappa shape index (κ3) is 7.15. The summed E-state index contributed by atoms with van der Waals surface area (Å²) in [5.74, 6) is -2.05. The van der Waals surface area contributed by atoms with Crippen LogP contribution in [0.5, 0.6) is 0 Å². The third-order valence-corrected chi connectivity index (χ3v) is 13.8. The molecule has 14 heteroatoms. The molecule has 0 saturated heterocycles.